The smallest absolute Gasteiger partial charge is 0.346 e. The molecule has 1 heterocycles. The average Bonchev–Trinajstić information content (AvgIpc) is 2.90. The molecule has 0 spiro atoms. The van der Waals surface area contributed by atoms with E-state index >= 15 is 0 Å². The van der Waals surface area contributed by atoms with Gasteiger partial charge in [0.1, 0.15) is 17.1 Å². The number of ether oxygens (including phenoxy) is 1. The van der Waals surface area contributed by atoms with Gasteiger partial charge in [0.05, 0.1) is 6.04 Å². The summed E-state index contributed by atoms with van der Waals surface area (Å²) < 4.78 is 5.23. The summed E-state index contributed by atoms with van der Waals surface area (Å²) in [4.78, 5) is 24.7. The van der Waals surface area contributed by atoms with Gasteiger partial charge in [-0.2, -0.15) is 0 Å². The lowest BCUT2D eigenvalue weighted by atomic mass is 9.84. The molecule has 0 aromatic heterocycles. The highest BCUT2D eigenvalue weighted by Gasteiger charge is 2.42. The third kappa shape index (κ3) is 4.07. The molecular weight excluding hydrogens is 334 g/mol. The zero-order chi connectivity index (χ0) is 18.7. The molecule has 1 saturated heterocycles. The van der Waals surface area contributed by atoms with Crippen molar-refractivity contribution in [2.75, 3.05) is 0 Å². The van der Waals surface area contributed by atoms with Gasteiger partial charge in [-0.3, -0.25) is 4.79 Å². The number of carbonyl (C=O) groups excluding carboxylic acids is 2. The lowest BCUT2D eigenvalue weighted by Gasteiger charge is -2.22. The first-order valence-electron chi connectivity index (χ1n) is 9.17. The minimum atomic E-state index is -0.889. The molecule has 140 valence electrons. The van der Waals surface area contributed by atoms with Gasteiger partial charge in [-0.15, -0.1) is 0 Å². The second kappa shape index (κ2) is 7.91. The Bertz CT molecular complexity index is 703. The molecule has 1 aromatic rings. The second-order valence-electron chi connectivity index (χ2n) is 7.24. The Labute approximate surface area is 152 Å². The summed E-state index contributed by atoms with van der Waals surface area (Å²) >= 11 is 0. The van der Waals surface area contributed by atoms with Gasteiger partial charge in [-0.05, 0) is 36.5 Å². The number of aromatic hydroxyl groups is 1. The number of cyclic esters (lactones) is 1. The highest BCUT2D eigenvalue weighted by molar-refractivity contribution is 6.23. The van der Waals surface area contributed by atoms with Gasteiger partial charge in [-0.1, -0.05) is 44.2 Å². The summed E-state index contributed by atoms with van der Waals surface area (Å²) in [5, 5.41) is 19.7. The Kier molecular flexibility index (Phi) is 5.61. The summed E-state index contributed by atoms with van der Waals surface area (Å²) in [7, 11) is 0. The van der Waals surface area contributed by atoms with Crippen molar-refractivity contribution in [2.24, 2.45) is 11.7 Å². The van der Waals surface area contributed by atoms with Crippen LogP contribution in [-0.2, 0) is 20.7 Å². The quantitative estimate of drug-likeness (QED) is 0.322. The fourth-order valence-corrected chi connectivity index (χ4v) is 3.78. The van der Waals surface area contributed by atoms with Gasteiger partial charge in [0.15, 0.2) is 6.10 Å². The summed E-state index contributed by atoms with van der Waals surface area (Å²) in [6, 6.07) is 5.49. The number of phenols is 1. The van der Waals surface area contributed by atoms with Crippen molar-refractivity contribution in [1.29, 1.82) is 0 Å². The molecule has 2 atom stereocenters. The summed E-state index contributed by atoms with van der Waals surface area (Å²) in [6.45, 7) is 0. The molecule has 0 bridgehead atoms. The molecule has 1 aromatic carbocycles. The minimum Gasteiger partial charge on any atom is -0.510 e. The number of hydrogen-bond acceptors (Lipinski definition) is 6. The predicted molar refractivity (Wildman–Crippen MR) is 95.5 cm³/mol. The van der Waals surface area contributed by atoms with Crippen molar-refractivity contribution in [3.63, 3.8) is 0 Å². The number of hydrogen-bond donors (Lipinski definition) is 3. The van der Waals surface area contributed by atoms with Crippen LogP contribution in [0, 0.1) is 5.92 Å². The van der Waals surface area contributed by atoms with E-state index in [9.17, 15) is 19.8 Å². The molecular formula is C20H25NO5. The SMILES string of the molecule is NC(Cc1ccc(O)cc1)C(O)=C1C(=O)OC(CC2CCCCC2)C1=O. The number of Topliss-reactive ketones (excluding diaryl/α,β-unsaturated/α-hetero) is 1. The summed E-state index contributed by atoms with van der Waals surface area (Å²) in [6.07, 6.45) is 5.56. The maximum atomic E-state index is 12.6. The van der Waals surface area contributed by atoms with E-state index in [1.165, 1.54) is 18.6 Å². The summed E-state index contributed by atoms with van der Waals surface area (Å²) in [5.41, 5.74) is 6.46. The Hall–Kier alpha value is -2.34. The van der Waals surface area contributed by atoms with Crippen LogP contribution in [0.25, 0.3) is 0 Å². The molecule has 6 nitrogen and oxygen atoms in total. The third-order valence-corrected chi connectivity index (χ3v) is 5.26. The van der Waals surface area contributed by atoms with Crippen molar-refractivity contribution in [3.8, 4) is 5.75 Å². The number of carbonyl (C=O) groups is 2. The standard InChI is InChI=1S/C20H25NO5/c21-15(10-13-6-8-14(22)9-7-13)18(23)17-19(24)16(26-20(17)25)11-12-4-2-1-3-5-12/h6-9,12,15-16,22-23H,1-5,10-11,21H2. The lowest BCUT2D eigenvalue weighted by Crippen LogP contribution is -2.29. The van der Waals surface area contributed by atoms with Crippen molar-refractivity contribution in [3.05, 3.63) is 41.2 Å². The van der Waals surface area contributed by atoms with E-state index in [0.29, 0.717) is 12.3 Å². The number of aliphatic hydroxyl groups is 1. The Morgan fingerprint density at radius 2 is 1.81 bits per heavy atom. The monoisotopic (exact) mass is 359 g/mol. The Morgan fingerprint density at radius 1 is 1.15 bits per heavy atom. The predicted octanol–water partition coefficient (Wildman–Crippen LogP) is 2.54. The zero-order valence-corrected chi connectivity index (χ0v) is 14.7. The van der Waals surface area contributed by atoms with Crippen molar-refractivity contribution >= 4 is 11.8 Å². The number of phenolic OH excluding ortho intramolecular Hbond substituents is 1. The van der Waals surface area contributed by atoms with E-state index in [2.05, 4.69) is 0 Å². The number of ketones is 1. The number of esters is 1. The number of rotatable bonds is 5. The highest BCUT2D eigenvalue weighted by Crippen LogP contribution is 2.32. The minimum absolute atomic E-state index is 0.130. The van der Waals surface area contributed by atoms with E-state index in [0.717, 1.165) is 31.2 Å². The molecule has 26 heavy (non-hydrogen) atoms. The van der Waals surface area contributed by atoms with E-state index in [4.69, 9.17) is 10.5 Å². The average molecular weight is 359 g/mol. The first-order chi connectivity index (χ1) is 12.5. The fourth-order valence-electron chi connectivity index (χ4n) is 3.78. The molecule has 1 aliphatic carbocycles. The third-order valence-electron chi connectivity index (χ3n) is 5.26. The van der Waals surface area contributed by atoms with Gasteiger partial charge in [0.25, 0.3) is 0 Å². The topological polar surface area (TPSA) is 110 Å². The first-order valence-corrected chi connectivity index (χ1v) is 9.17. The molecule has 2 aliphatic rings. The van der Waals surface area contributed by atoms with E-state index in [1.807, 2.05) is 0 Å². The van der Waals surface area contributed by atoms with Crippen LogP contribution in [0.5, 0.6) is 5.75 Å². The van der Waals surface area contributed by atoms with Crippen molar-refractivity contribution < 1.29 is 24.5 Å². The molecule has 2 fully saturated rings. The van der Waals surface area contributed by atoms with Crippen LogP contribution in [0.15, 0.2) is 35.6 Å². The first kappa shape index (κ1) is 18.5. The van der Waals surface area contributed by atoms with Crippen molar-refractivity contribution in [2.45, 2.75) is 57.1 Å². The Balaban J connectivity index is 1.69. The molecule has 4 N–H and O–H groups in total. The van der Waals surface area contributed by atoms with Gasteiger partial charge in [0, 0.05) is 0 Å². The van der Waals surface area contributed by atoms with Gasteiger partial charge < -0.3 is 20.7 Å². The van der Waals surface area contributed by atoms with Crippen LogP contribution in [0.2, 0.25) is 0 Å². The fraction of sp³-hybridized carbons (Fsp3) is 0.500. The lowest BCUT2D eigenvalue weighted by molar-refractivity contribution is -0.141. The molecule has 0 amide bonds. The number of aliphatic hydroxyl groups excluding tert-OH is 1. The van der Waals surface area contributed by atoms with Gasteiger partial charge >= 0.3 is 5.97 Å². The van der Waals surface area contributed by atoms with E-state index in [1.54, 1.807) is 12.1 Å². The molecule has 1 saturated carbocycles. The molecule has 3 rings (SSSR count). The van der Waals surface area contributed by atoms with Crippen LogP contribution in [0.4, 0.5) is 0 Å². The molecule has 1 aliphatic heterocycles. The maximum absolute atomic E-state index is 12.6. The summed E-state index contributed by atoms with van der Waals surface area (Å²) in [5.74, 6) is -1.14. The largest absolute Gasteiger partial charge is 0.510 e. The zero-order valence-electron chi connectivity index (χ0n) is 14.7. The van der Waals surface area contributed by atoms with E-state index < -0.39 is 29.7 Å². The van der Waals surface area contributed by atoms with E-state index in [-0.39, 0.29) is 17.7 Å². The second-order valence-corrected chi connectivity index (χ2v) is 7.24. The van der Waals surface area contributed by atoms with Crippen LogP contribution in [-0.4, -0.2) is 34.1 Å². The highest BCUT2D eigenvalue weighted by atomic mass is 16.6. The van der Waals surface area contributed by atoms with Gasteiger partial charge in [-0.25, -0.2) is 4.79 Å². The normalized spacial score (nSPS) is 24.4. The van der Waals surface area contributed by atoms with Crippen molar-refractivity contribution in [1.82, 2.24) is 0 Å². The Morgan fingerprint density at radius 3 is 2.46 bits per heavy atom. The van der Waals surface area contributed by atoms with Crippen LogP contribution in [0.3, 0.4) is 0 Å². The van der Waals surface area contributed by atoms with Crippen LogP contribution < -0.4 is 5.73 Å². The maximum Gasteiger partial charge on any atom is 0.346 e. The van der Waals surface area contributed by atoms with Crippen LogP contribution in [0.1, 0.15) is 44.1 Å². The molecule has 2 unspecified atom stereocenters. The number of nitrogens with two attached hydrogens (primary N) is 1. The molecule has 6 heteroatoms. The van der Waals surface area contributed by atoms with Gasteiger partial charge in [0.2, 0.25) is 5.78 Å². The van der Waals surface area contributed by atoms with Crippen LogP contribution >= 0.6 is 0 Å². The number of benzene rings is 1. The molecule has 0 radical (unpaired) electrons.